The largest absolute Gasteiger partial charge is 0.349 e. The highest BCUT2D eigenvalue weighted by atomic mass is 16.2. The Balaban J connectivity index is 2.44. The molecule has 0 aromatic heterocycles. The number of anilines is 1. The molecule has 146 valence electrons. The molecule has 0 aliphatic rings. The second-order valence-electron chi connectivity index (χ2n) is 7.60. The fourth-order valence-electron chi connectivity index (χ4n) is 3.27. The lowest BCUT2D eigenvalue weighted by Crippen LogP contribution is -3.11. The van der Waals surface area contributed by atoms with Crippen molar-refractivity contribution in [2.45, 2.75) is 66.3 Å². The summed E-state index contributed by atoms with van der Waals surface area (Å²) in [6.45, 7) is 10.8. The number of rotatable bonds is 10. The second kappa shape index (κ2) is 11.0. The zero-order valence-electron chi connectivity index (χ0n) is 17.3. The third-order valence-corrected chi connectivity index (χ3v) is 4.51. The highest BCUT2D eigenvalue weighted by Crippen LogP contribution is 2.21. The van der Waals surface area contributed by atoms with Crippen molar-refractivity contribution in [3.63, 3.8) is 0 Å². The molecule has 0 bridgehead atoms. The summed E-state index contributed by atoms with van der Waals surface area (Å²) in [6.07, 6.45) is 4.52. The molecule has 26 heavy (non-hydrogen) atoms. The van der Waals surface area contributed by atoms with Crippen molar-refractivity contribution in [1.82, 2.24) is 5.32 Å². The Morgan fingerprint density at radius 1 is 1.04 bits per heavy atom. The van der Waals surface area contributed by atoms with E-state index >= 15 is 0 Å². The first-order chi connectivity index (χ1) is 12.2. The summed E-state index contributed by atoms with van der Waals surface area (Å²) in [7, 11) is 1.87. The molecule has 1 aromatic rings. The van der Waals surface area contributed by atoms with Gasteiger partial charge in [-0.3, -0.25) is 9.59 Å². The second-order valence-corrected chi connectivity index (χ2v) is 7.60. The van der Waals surface area contributed by atoms with Gasteiger partial charge in [0.1, 0.15) is 0 Å². The SMILES string of the molecule is CCCCC[C@H](C)NC(=O)C[NH+](C)CC(=O)Nc1c(C)cc(C)cc1C. The van der Waals surface area contributed by atoms with Crippen LogP contribution in [0.1, 0.15) is 56.2 Å². The minimum Gasteiger partial charge on any atom is -0.349 e. The van der Waals surface area contributed by atoms with E-state index in [9.17, 15) is 9.59 Å². The zero-order valence-corrected chi connectivity index (χ0v) is 17.3. The van der Waals surface area contributed by atoms with Crippen LogP contribution < -0.4 is 15.5 Å². The average Bonchev–Trinajstić information content (AvgIpc) is 2.50. The molecule has 0 radical (unpaired) electrons. The van der Waals surface area contributed by atoms with E-state index in [-0.39, 0.29) is 24.4 Å². The van der Waals surface area contributed by atoms with Gasteiger partial charge >= 0.3 is 0 Å². The molecule has 1 unspecified atom stereocenters. The van der Waals surface area contributed by atoms with E-state index in [1.807, 2.05) is 34.7 Å². The molecule has 1 rings (SSSR count). The Bertz CT molecular complexity index is 590. The van der Waals surface area contributed by atoms with Crippen molar-refractivity contribution in [3.05, 3.63) is 28.8 Å². The number of likely N-dealkylation sites (N-methyl/N-ethyl adjacent to an activating group) is 1. The molecule has 0 aliphatic heterocycles. The van der Waals surface area contributed by atoms with Crippen molar-refractivity contribution >= 4 is 17.5 Å². The van der Waals surface area contributed by atoms with Crippen LogP contribution in [0, 0.1) is 20.8 Å². The molecule has 0 aliphatic carbocycles. The van der Waals surface area contributed by atoms with Crippen LogP contribution in [0.2, 0.25) is 0 Å². The van der Waals surface area contributed by atoms with Gasteiger partial charge in [0, 0.05) is 11.7 Å². The van der Waals surface area contributed by atoms with Crippen molar-refractivity contribution in [2.75, 3.05) is 25.5 Å². The van der Waals surface area contributed by atoms with E-state index in [1.54, 1.807) is 0 Å². The van der Waals surface area contributed by atoms with Gasteiger partial charge in [-0.2, -0.15) is 0 Å². The van der Waals surface area contributed by atoms with Gasteiger partial charge < -0.3 is 15.5 Å². The summed E-state index contributed by atoms with van der Waals surface area (Å²) in [6, 6.07) is 4.31. The summed E-state index contributed by atoms with van der Waals surface area (Å²) in [4.78, 5) is 25.3. The molecular formula is C21H36N3O2+. The molecule has 0 saturated heterocycles. The summed E-state index contributed by atoms with van der Waals surface area (Å²) in [5.41, 5.74) is 4.19. The van der Waals surface area contributed by atoms with Crippen molar-refractivity contribution in [3.8, 4) is 0 Å². The standard InChI is InChI=1S/C21H35N3O2/c1-7-8-9-10-18(5)22-19(25)13-24(6)14-20(26)23-21-16(3)11-15(2)12-17(21)4/h11-12,18H,7-10,13-14H2,1-6H3,(H,22,25)(H,23,26)/p+1/t18-/m0/s1. The molecule has 5 heteroatoms. The van der Waals surface area contributed by atoms with Crippen molar-refractivity contribution in [1.29, 1.82) is 0 Å². The summed E-state index contributed by atoms with van der Waals surface area (Å²) in [5, 5.41) is 6.02. The molecule has 0 fully saturated rings. The summed E-state index contributed by atoms with van der Waals surface area (Å²) >= 11 is 0. The van der Waals surface area contributed by atoms with Gasteiger partial charge in [0.2, 0.25) is 0 Å². The Kier molecular flexibility index (Phi) is 9.35. The van der Waals surface area contributed by atoms with Crippen LogP contribution in [-0.4, -0.2) is 38.0 Å². The normalized spacial score (nSPS) is 13.2. The lowest BCUT2D eigenvalue weighted by Gasteiger charge is -2.18. The lowest BCUT2D eigenvalue weighted by atomic mass is 10.1. The molecule has 5 nitrogen and oxygen atoms in total. The van der Waals surface area contributed by atoms with Gasteiger partial charge in [-0.25, -0.2) is 0 Å². The first-order valence-electron chi connectivity index (χ1n) is 9.71. The monoisotopic (exact) mass is 362 g/mol. The molecular weight excluding hydrogens is 326 g/mol. The molecule has 0 heterocycles. The fraction of sp³-hybridized carbons (Fsp3) is 0.619. The predicted molar refractivity (Wildman–Crippen MR) is 108 cm³/mol. The minimum absolute atomic E-state index is 0.00185. The summed E-state index contributed by atoms with van der Waals surface area (Å²) < 4.78 is 0. The third kappa shape index (κ3) is 8.00. The maximum absolute atomic E-state index is 12.3. The Labute approximate surface area is 158 Å². The molecule has 2 atom stereocenters. The van der Waals surface area contributed by atoms with E-state index in [2.05, 4.69) is 29.7 Å². The van der Waals surface area contributed by atoms with Gasteiger partial charge in [0.05, 0.1) is 7.05 Å². The van der Waals surface area contributed by atoms with E-state index < -0.39 is 0 Å². The number of nitrogens with one attached hydrogen (secondary N) is 3. The number of quaternary nitrogens is 1. The van der Waals surface area contributed by atoms with Gasteiger partial charge in [-0.1, -0.05) is 43.9 Å². The predicted octanol–water partition coefficient (Wildman–Crippen LogP) is 2.15. The zero-order chi connectivity index (χ0) is 19.7. The van der Waals surface area contributed by atoms with Gasteiger partial charge in [0.15, 0.2) is 13.1 Å². The van der Waals surface area contributed by atoms with Crippen LogP contribution in [0.4, 0.5) is 5.69 Å². The van der Waals surface area contributed by atoms with Gasteiger partial charge in [0.25, 0.3) is 11.8 Å². The number of hydrogen-bond acceptors (Lipinski definition) is 2. The van der Waals surface area contributed by atoms with Crippen LogP contribution in [0.3, 0.4) is 0 Å². The van der Waals surface area contributed by atoms with Crippen LogP contribution >= 0.6 is 0 Å². The van der Waals surface area contributed by atoms with Crippen LogP contribution in [-0.2, 0) is 9.59 Å². The van der Waals surface area contributed by atoms with Gasteiger partial charge in [-0.05, 0) is 45.2 Å². The number of carbonyl (C=O) groups excluding carboxylic acids is 2. The molecule has 0 saturated carbocycles. The average molecular weight is 363 g/mol. The Hall–Kier alpha value is -1.88. The number of aryl methyl sites for hydroxylation is 3. The highest BCUT2D eigenvalue weighted by Gasteiger charge is 2.17. The maximum Gasteiger partial charge on any atom is 0.279 e. The molecule has 0 spiro atoms. The van der Waals surface area contributed by atoms with E-state index in [4.69, 9.17) is 0 Å². The molecule has 1 aromatic carbocycles. The first-order valence-corrected chi connectivity index (χ1v) is 9.71. The highest BCUT2D eigenvalue weighted by molar-refractivity contribution is 5.93. The smallest absolute Gasteiger partial charge is 0.279 e. The van der Waals surface area contributed by atoms with E-state index in [0.29, 0.717) is 6.54 Å². The van der Waals surface area contributed by atoms with Crippen molar-refractivity contribution < 1.29 is 14.5 Å². The maximum atomic E-state index is 12.3. The molecule has 2 amide bonds. The number of carbonyl (C=O) groups is 2. The number of hydrogen-bond donors (Lipinski definition) is 3. The Morgan fingerprint density at radius 2 is 1.62 bits per heavy atom. The van der Waals surface area contributed by atoms with Crippen LogP contribution in [0.15, 0.2) is 12.1 Å². The van der Waals surface area contributed by atoms with Crippen LogP contribution in [0.5, 0.6) is 0 Å². The third-order valence-electron chi connectivity index (χ3n) is 4.51. The number of unbranched alkanes of at least 4 members (excludes halogenated alkanes) is 2. The topological polar surface area (TPSA) is 62.6 Å². The van der Waals surface area contributed by atoms with E-state index in [0.717, 1.165) is 34.6 Å². The molecule has 3 N–H and O–H groups in total. The quantitative estimate of drug-likeness (QED) is 0.559. The summed E-state index contributed by atoms with van der Waals surface area (Å²) in [5.74, 6) is -0.0663. The fourth-order valence-corrected chi connectivity index (χ4v) is 3.27. The van der Waals surface area contributed by atoms with E-state index in [1.165, 1.54) is 18.4 Å². The lowest BCUT2D eigenvalue weighted by molar-refractivity contribution is -0.862. The van der Waals surface area contributed by atoms with Crippen molar-refractivity contribution in [2.24, 2.45) is 0 Å². The first kappa shape index (κ1) is 22.2. The Morgan fingerprint density at radius 3 is 2.19 bits per heavy atom. The van der Waals surface area contributed by atoms with Crippen LogP contribution in [0.25, 0.3) is 0 Å². The van der Waals surface area contributed by atoms with Gasteiger partial charge in [-0.15, -0.1) is 0 Å². The number of amides is 2. The number of benzene rings is 1. The minimum atomic E-state index is -0.0682.